The summed E-state index contributed by atoms with van der Waals surface area (Å²) in [6.45, 7) is 0. The second-order valence-electron chi connectivity index (χ2n) is 1.64. The van der Waals surface area contributed by atoms with Gasteiger partial charge in [-0.3, -0.25) is 10.1 Å². The Morgan fingerprint density at radius 2 is 2.45 bits per heavy atom. The average molecular weight is 189 g/mol. The van der Waals surface area contributed by atoms with Crippen LogP contribution in [0.3, 0.4) is 0 Å². The Morgan fingerprint density at radius 1 is 1.82 bits per heavy atom. The fourth-order valence-electron chi connectivity index (χ4n) is 0.532. The summed E-state index contributed by atoms with van der Waals surface area (Å²) in [6.07, 6.45) is 0. The fraction of sp³-hybridized carbons (Fsp3) is 0. The second-order valence-corrected chi connectivity index (χ2v) is 2.87. The zero-order chi connectivity index (χ0) is 8.43. The van der Waals surface area contributed by atoms with E-state index in [2.05, 4.69) is 0 Å². The lowest BCUT2D eigenvalue weighted by atomic mass is 10.4. The highest BCUT2D eigenvalue weighted by molar-refractivity contribution is 7.14. The highest BCUT2D eigenvalue weighted by Gasteiger charge is 2.18. The Balaban J connectivity index is 3.24. The molecule has 1 rings (SSSR count). The lowest BCUT2D eigenvalue weighted by Gasteiger charge is -1.83. The van der Waals surface area contributed by atoms with Crippen LogP contribution in [0.5, 0.6) is 0 Å². The third-order valence-electron chi connectivity index (χ3n) is 0.999. The number of nitriles is 1. The van der Waals surface area contributed by atoms with Crippen LogP contribution in [0.1, 0.15) is 5.56 Å². The van der Waals surface area contributed by atoms with Crippen molar-refractivity contribution in [1.29, 1.82) is 5.26 Å². The highest BCUT2D eigenvalue weighted by Crippen LogP contribution is 2.33. The van der Waals surface area contributed by atoms with Crippen LogP contribution in [0.15, 0.2) is 5.38 Å². The van der Waals surface area contributed by atoms with E-state index in [1.165, 1.54) is 5.38 Å². The van der Waals surface area contributed by atoms with E-state index < -0.39 is 4.92 Å². The van der Waals surface area contributed by atoms with Crippen molar-refractivity contribution in [2.45, 2.75) is 0 Å². The molecule has 0 aliphatic carbocycles. The maximum Gasteiger partial charge on any atom is 0.344 e. The van der Waals surface area contributed by atoms with Gasteiger partial charge in [0.1, 0.15) is 11.1 Å². The molecule has 56 valence electrons. The molecule has 0 aliphatic heterocycles. The molecule has 0 saturated carbocycles. The smallest absolute Gasteiger partial charge is 0.257 e. The third-order valence-corrected chi connectivity index (χ3v) is 2.42. The van der Waals surface area contributed by atoms with E-state index in [-0.39, 0.29) is 15.6 Å². The van der Waals surface area contributed by atoms with Gasteiger partial charge in [-0.1, -0.05) is 22.9 Å². The van der Waals surface area contributed by atoms with Crippen molar-refractivity contribution >= 4 is 27.9 Å². The van der Waals surface area contributed by atoms with Gasteiger partial charge < -0.3 is 0 Å². The molecule has 0 N–H and O–H groups in total. The van der Waals surface area contributed by atoms with Crippen molar-refractivity contribution < 1.29 is 4.92 Å². The first-order valence-corrected chi connectivity index (χ1v) is 3.74. The minimum atomic E-state index is -0.603. The first-order chi connectivity index (χ1) is 5.16. The average Bonchev–Trinajstić information content (AvgIpc) is 2.30. The molecule has 4 nitrogen and oxygen atoms in total. The standard InChI is InChI=1S/C5HClN2O2S/c6-4-3(1-7)2-11-5(4)8(9)10/h2H. The number of nitrogens with zero attached hydrogens (tertiary/aromatic N) is 2. The van der Waals surface area contributed by atoms with E-state index in [1.54, 1.807) is 6.07 Å². The van der Waals surface area contributed by atoms with Crippen molar-refractivity contribution in [3.8, 4) is 6.07 Å². The lowest BCUT2D eigenvalue weighted by molar-refractivity contribution is -0.380. The fourth-order valence-corrected chi connectivity index (χ4v) is 1.60. The number of thiophene rings is 1. The van der Waals surface area contributed by atoms with Crippen LogP contribution in [0.25, 0.3) is 0 Å². The van der Waals surface area contributed by atoms with Crippen LogP contribution in [-0.2, 0) is 0 Å². The van der Waals surface area contributed by atoms with Crippen molar-refractivity contribution in [2.24, 2.45) is 0 Å². The Labute approximate surface area is 70.8 Å². The lowest BCUT2D eigenvalue weighted by Crippen LogP contribution is -1.83. The van der Waals surface area contributed by atoms with Crippen molar-refractivity contribution in [2.75, 3.05) is 0 Å². The summed E-state index contributed by atoms with van der Waals surface area (Å²) in [7, 11) is 0. The first kappa shape index (κ1) is 7.98. The summed E-state index contributed by atoms with van der Waals surface area (Å²) in [5.41, 5.74) is 0.156. The zero-order valence-electron chi connectivity index (χ0n) is 5.07. The summed E-state index contributed by atoms with van der Waals surface area (Å²) < 4.78 is 0. The van der Waals surface area contributed by atoms with E-state index in [0.717, 1.165) is 11.3 Å². The van der Waals surface area contributed by atoms with E-state index in [1.807, 2.05) is 0 Å². The zero-order valence-corrected chi connectivity index (χ0v) is 6.65. The quantitative estimate of drug-likeness (QED) is 0.501. The molecule has 0 spiro atoms. The molecule has 0 amide bonds. The molecule has 0 aliphatic rings. The summed E-state index contributed by atoms with van der Waals surface area (Å²) in [5, 5.41) is 19.7. The largest absolute Gasteiger partial charge is 0.344 e. The van der Waals surface area contributed by atoms with Gasteiger partial charge in [0.2, 0.25) is 0 Å². The molecule has 0 unspecified atom stereocenters. The van der Waals surface area contributed by atoms with Gasteiger partial charge in [0.25, 0.3) is 0 Å². The molecule has 0 saturated heterocycles. The monoisotopic (exact) mass is 188 g/mol. The minimum absolute atomic E-state index is 0.0671. The Morgan fingerprint density at radius 3 is 2.73 bits per heavy atom. The molecule has 0 radical (unpaired) electrons. The Bertz CT molecular complexity index is 341. The van der Waals surface area contributed by atoms with E-state index in [9.17, 15) is 10.1 Å². The van der Waals surface area contributed by atoms with Crippen molar-refractivity contribution in [1.82, 2.24) is 0 Å². The number of rotatable bonds is 1. The van der Waals surface area contributed by atoms with E-state index in [0.29, 0.717) is 0 Å². The van der Waals surface area contributed by atoms with Gasteiger partial charge in [0.15, 0.2) is 0 Å². The van der Waals surface area contributed by atoms with Crippen molar-refractivity contribution in [3.63, 3.8) is 0 Å². The van der Waals surface area contributed by atoms with Gasteiger partial charge in [0.05, 0.1) is 10.5 Å². The Hall–Kier alpha value is -1.12. The van der Waals surface area contributed by atoms with Crippen LogP contribution in [0, 0.1) is 21.4 Å². The maximum atomic E-state index is 10.2. The molecular formula is C5HClN2O2S. The molecule has 0 bridgehead atoms. The molecule has 11 heavy (non-hydrogen) atoms. The van der Waals surface area contributed by atoms with Crippen molar-refractivity contribution in [3.05, 3.63) is 26.1 Å². The summed E-state index contributed by atoms with van der Waals surface area (Å²) in [4.78, 5) is 9.57. The predicted octanol–water partition coefficient (Wildman–Crippen LogP) is 2.18. The summed E-state index contributed by atoms with van der Waals surface area (Å²) >= 11 is 6.32. The third kappa shape index (κ3) is 1.31. The van der Waals surface area contributed by atoms with Crippen LogP contribution in [-0.4, -0.2) is 4.92 Å². The molecule has 6 heteroatoms. The van der Waals surface area contributed by atoms with Gasteiger partial charge in [-0.05, 0) is 0 Å². The molecule has 0 fully saturated rings. The predicted molar refractivity (Wildman–Crippen MR) is 40.7 cm³/mol. The van der Waals surface area contributed by atoms with Crippen LogP contribution < -0.4 is 0 Å². The number of hydrogen-bond donors (Lipinski definition) is 0. The number of hydrogen-bond acceptors (Lipinski definition) is 4. The molecular weight excluding hydrogens is 188 g/mol. The Kier molecular flexibility index (Phi) is 2.08. The van der Waals surface area contributed by atoms with Gasteiger partial charge in [-0.2, -0.15) is 5.26 Å². The molecule has 0 atom stereocenters. The van der Waals surface area contributed by atoms with Gasteiger partial charge in [-0.25, -0.2) is 0 Å². The molecule has 0 aromatic carbocycles. The molecule has 1 heterocycles. The van der Waals surface area contributed by atoms with E-state index in [4.69, 9.17) is 16.9 Å². The van der Waals surface area contributed by atoms with Gasteiger partial charge >= 0.3 is 5.00 Å². The van der Waals surface area contributed by atoms with Crippen LogP contribution in [0.4, 0.5) is 5.00 Å². The SMILES string of the molecule is N#Cc1csc([N+](=O)[O-])c1Cl. The highest BCUT2D eigenvalue weighted by atomic mass is 35.5. The maximum absolute atomic E-state index is 10.2. The van der Waals surface area contributed by atoms with Crippen LogP contribution in [0.2, 0.25) is 5.02 Å². The summed E-state index contributed by atoms with van der Waals surface area (Å²) in [6, 6.07) is 1.74. The number of nitro groups is 1. The minimum Gasteiger partial charge on any atom is -0.257 e. The van der Waals surface area contributed by atoms with Crippen LogP contribution >= 0.6 is 22.9 Å². The second kappa shape index (κ2) is 2.86. The summed E-state index contributed by atoms with van der Waals surface area (Å²) in [5.74, 6) is 0. The number of halogens is 1. The van der Waals surface area contributed by atoms with E-state index >= 15 is 0 Å². The van der Waals surface area contributed by atoms with Gasteiger partial charge in [-0.15, -0.1) is 0 Å². The van der Waals surface area contributed by atoms with Gasteiger partial charge in [0, 0.05) is 5.38 Å². The molecule has 1 aromatic rings. The molecule has 1 aromatic heterocycles. The first-order valence-electron chi connectivity index (χ1n) is 2.48. The normalized spacial score (nSPS) is 9.09. The topological polar surface area (TPSA) is 66.9 Å².